The van der Waals surface area contributed by atoms with Crippen LogP contribution in [0.1, 0.15) is 22.6 Å². The molecule has 192 valence electrons. The second-order valence-corrected chi connectivity index (χ2v) is 8.09. The van der Waals surface area contributed by atoms with Gasteiger partial charge >= 0.3 is 12.1 Å². The molecule has 0 bridgehead atoms. The standard InChI is InChI=1S/C21H15BrF6N4O4/c1-8-16(36-20(34)21(26,27)28)17(35-7-12-13(24)3-11(23)4-14(12)25)15(22)19(33)32(8)6-10-5-30-9(2)31-18(10)29/h3-5H,6-7H2,1-2H3,(H2,29,30,31). The second kappa shape index (κ2) is 10.2. The van der Waals surface area contributed by atoms with Crippen LogP contribution in [-0.4, -0.2) is 26.7 Å². The van der Waals surface area contributed by atoms with Crippen LogP contribution in [0.3, 0.4) is 0 Å². The van der Waals surface area contributed by atoms with E-state index in [1.54, 1.807) is 6.92 Å². The van der Waals surface area contributed by atoms with Crippen molar-refractivity contribution in [2.75, 3.05) is 5.73 Å². The average Bonchev–Trinajstić information content (AvgIpc) is 2.76. The maximum atomic E-state index is 14.0. The Morgan fingerprint density at radius 2 is 1.75 bits per heavy atom. The lowest BCUT2D eigenvalue weighted by Gasteiger charge is -2.20. The van der Waals surface area contributed by atoms with Gasteiger partial charge in [-0.15, -0.1) is 0 Å². The lowest BCUT2D eigenvalue weighted by atomic mass is 10.2. The maximum Gasteiger partial charge on any atom is 0.491 e. The van der Waals surface area contributed by atoms with Crippen molar-refractivity contribution in [3.05, 3.63) is 73.3 Å². The van der Waals surface area contributed by atoms with E-state index in [2.05, 4.69) is 30.6 Å². The zero-order valence-electron chi connectivity index (χ0n) is 18.3. The van der Waals surface area contributed by atoms with Crippen LogP contribution in [0.15, 0.2) is 27.6 Å². The van der Waals surface area contributed by atoms with Crippen molar-refractivity contribution in [3.63, 3.8) is 0 Å². The molecule has 0 amide bonds. The Balaban J connectivity index is 2.13. The molecule has 2 heterocycles. The lowest BCUT2D eigenvalue weighted by molar-refractivity contribution is -0.189. The third-order valence-corrected chi connectivity index (χ3v) is 5.51. The quantitative estimate of drug-likeness (QED) is 0.345. The van der Waals surface area contributed by atoms with Crippen LogP contribution in [0.2, 0.25) is 0 Å². The van der Waals surface area contributed by atoms with Crippen molar-refractivity contribution >= 4 is 27.7 Å². The van der Waals surface area contributed by atoms with Crippen molar-refractivity contribution < 1.29 is 40.6 Å². The molecule has 0 unspecified atom stereocenters. The number of halogens is 7. The number of nitrogens with two attached hydrogens (primary N) is 1. The zero-order valence-corrected chi connectivity index (χ0v) is 19.9. The van der Waals surface area contributed by atoms with Crippen LogP contribution in [0.5, 0.6) is 11.5 Å². The smallest absolute Gasteiger partial charge is 0.483 e. The molecule has 0 fully saturated rings. The molecule has 2 aromatic heterocycles. The first-order chi connectivity index (χ1) is 16.7. The molecule has 0 saturated heterocycles. The van der Waals surface area contributed by atoms with Gasteiger partial charge in [-0.05, 0) is 29.8 Å². The largest absolute Gasteiger partial charge is 0.491 e. The van der Waals surface area contributed by atoms with E-state index < -0.39 is 63.3 Å². The highest BCUT2D eigenvalue weighted by Crippen LogP contribution is 2.38. The number of aryl methyl sites for hydroxylation is 1. The summed E-state index contributed by atoms with van der Waals surface area (Å²) in [4.78, 5) is 32.5. The first kappa shape index (κ1) is 27.0. The molecular weight excluding hydrogens is 566 g/mol. The van der Waals surface area contributed by atoms with Gasteiger partial charge in [0.15, 0.2) is 11.5 Å². The number of alkyl halides is 3. The fourth-order valence-electron chi connectivity index (χ4n) is 3.00. The number of nitrogens with zero attached hydrogens (tertiary/aromatic N) is 3. The lowest BCUT2D eigenvalue weighted by Crippen LogP contribution is -2.31. The number of rotatable bonds is 6. The van der Waals surface area contributed by atoms with Crippen molar-refractivity contribution in [1.82, 2.24) is 14.5 Å². The first-order valence-electron chi connectivity index (χ1n) is 9.76. The number of benzene rings is 1. The van der Waals surface area contributed by atoms with Gasteiger partial charge in [0.1, 0.15) is 40.2 Å². The fourth-order valence-corrected chi connectivity index (χ4v) is 3.51. The van der Waals surface area contributed by atoms with Gasteiger partial charge in [-0.3, -0.25) is 4.79 Å². The number of ether oxygens (including phenoxy) is 2. The Bertz CT molecular complexity index is 1390. The van der Waals surface area contributed by atoms with Gasteiger partial charge in [0.25, 0.3) is 5.56 Å². The van der Waals surface area contributed by atoms with E-state index in [0.29, 0.717) is 18.0 Å². The number of carbonyl (C=O) groups excluding carboxylic acids is 1. The summed E-state index contributed by atoms with van der Waals surface area (Å²) in [6.07, 6.45) is -4.13. The van der Waals surface area contributed by atoms with Gasteiger partial charge in [0, 0.05) is 23.9 Å². The molecule has 0 aliphatic rings. The molecule has 0 aliphatic heterocycles. The van der Waals surface area contributed by atoms with Crippen LogP contribution in [0, 0.1) is 31.3 Å². The van der Waals surface area contributed by atoms with Crippen LogP contribution < -0.4 is 20.8 Å². The Hall–Kier alpha value is -3.62. The van der Waals surface area contributed by atoms with Crippen molar-refractivity contribution in [2.24, 2.45) is 0 Å². The normalized spacial score (nSPS) is 11.5. The third-order valence-electron chi connectivity index (χ3n) is 4.81. The number of aromatic nitrogens is 3. The number of nitrogen functional groups attached to an aromatic ring is 1. The van der Waals surface area contributed by atoms with E-state index in [1.807, 2.05) is 0 Å². The van der Waals surface area contributed by atoms with E-state index in [0.717, 1.165) is 11.5 Å². The summed E-state index contributed by atoms with van der Waals surface area (Å²) in [5.74, 6) is -7.86. The monoisotopic (exact) mass is 580 g/mol. The SMILES string of the molecule is Cc1ncc(Cn2c(C)c(OC(=O)C(F)(F)F)c(OCc3c(F)cc(F)cc3F)c(Br)c2=O)c(N)n1. The van der Waals surface area contributed by atoms with Crippen LogP contribution in [-0.2, 0) is 17.9 Å². The van der Waals surface area contributed by atoms with Crippen molar-refractivity contribution in [3.8, 4) is 11.5 Å². The summed E-state index contributed by atoms with van der Waals surface area (Å²) in [7, 11) is 0. The maximum absolute atomic E-state index is 14.0. The van der Waals surface area contributed by atoms with E-state index in [9.17, 15) is 35.9 Å². The van der Waals surface area contributed by atoms with Gasteiger partial charge in [0.2, 0.25) is 0 Å². The third kappa shape index (κ3) is 5.61. The van der Waals surface area contributed by atoms with E-state index in [1.165, 1.54) is 6.20 Å². The molecule has 0 atom stereocenters. The minimum atomic E-state index is -5.43. The number of pyridine rings is 1. The van der Waals surface area contributed by atoms with Crippen LogP contribution >= 0.6 is 15.9 Å². The molecule has 1 aromatic carbocycles. The highest BCUT2D eigenvalue weighted by molar-refractivity contribution is 9.10. The van der Waals surface area contributed by atoms with Crippen molar-refractivity contribution in [1.29, 1.82) is 0 Å². The Morgan fingerprint density at radius 3 is 2.31 bits per heavy atom. The van der Waals surface area contributed by atoms with Crippen molar-refractivity contribution in [2.45, 2.75) is 33.2 Å². The topological polar surface area (TPSA) is 109 Å². The Kier molecular flexibility index (Phi) is 7.62. The number of hydrogen-bond acceptors (Lipinski definition) is 7. The van der Waals surface area contributed by atoms with Crippen LogP contribution in [0.4, 0.5) is 32.2 Å². The first-order valence-corrected chi connectivity index (χ1v) is 10.6. The summed E-state index contributed by atoms with van der Waals surface area (Å²) in [6, 6.07) is 0.720. The Morgan fingerprint density at radius 1 is 1.14 bits per heavy atom. The predicted molar refractivity (Wildman–Crippen MR) is 116 cm³/mol. The molecule has 2 N–H and O–H groups in total. The van der Waals surface area contributed by atoms with Gasteiger partial charge in [0.05, 0.1) is 17.8 Å². The van der Waals surface area contributed by atoms with E-state index >= 15 is 0 Å². The predicted octanol–water partition coefficient (Wildman–Crippen LogP) is 4.11. The summed E-state index contributed by atoms with van der Waals surface area (Å²) in [6.45, 7) is 1.37. The minimum absolute atomic E-state index is 0.0126. The molecule has 0 saturated carbocycles. The molecule has 3 rings (SSSR count). The minimum Gasteiger partial charge on any atom is -0.483 e. The number of hydrogen-bond donors (Lipinski definition) is 1. The molecule has 15 heteroatoms. The average molecular weight is 581 g/mol. The molecule has 36 heavy (non-hydrogen) atoms. The summed E-state index contributed by atoms with van der Waals surface area (Å²) >= 11 is 2.88. The molecule has 3 aromatic rings. The van der Waals surface area contributed by atoms with E-state index in [4.69, 9.17) is 10.5 Å². The van der Waals surface area contributed by atoms with E-state index in [-0.39, 0.29) is 23.6 Å². The number of esters is 1. The summed E-state index contributed by atoms with van der Waals surface area (Å²) < 4.78 is 90.1. The van der Waals surface area contributed by atoms with Gasteiger partial charge < -0.3 is 19.8 Å². The van der Waals surface area contributed by atoms with Gasteiger partial charge in [-0.1, -0.05) is 0 Å². The zero-order chi connectivity index (χ0) is 26.9. The number of carbonyl (C=O) groups is 1. The second-order valence-electron chi connectivity index (χ2n) is 7.30. The molecule has 8 nitrogen and oxygen atoms in total. The molecule has 0 radical (unpaired) electrons. The molecule has 0 spiro atoms. The van der Waals surface area contributed by atoms with Gasteiger partial charge in [-0.2, -0.15) is 13.2 Å². The van der Waals surface area contributed by atoms with Crippen LogP contribution in [0.25, 0.3) is 0 Å². The summed E-state index contributed by atoms with van der Waals surface area (Å²) in [5.41, 5.74) is 4.05. The van der Waals surface area contributed by atoms with Gasteiger partial charge in [-0.25, -0.2) is 27.9 Å². The Labute approximate surface area is 206 Å². The highest BCUT2D eigenvalue weighted by Gasteiger charge is 2.42. The molecule has 0 aliphatic carbocycles. The fraction of sp³-hybridized carbons (Fsp3) is 0.238. The number of anilines is 1. The molecular formula is C21H15BrF6N4O4. The highest BCUT2D eigenvalue weighted by atomic mass is 79.9. The summed E-state index contributed by atoms with van der Waals surface area (Å²) in [5, 5.41) is 0.